The first-order valence-corrected chi connectivity index (χ1v) is 8.70. The van der Waals surface area contributed by atoms with Crippen LogP contribution >= 0.6 is 0 Å². The number of nitrogens with zero attached hydrogens (tertiary/aromatic N) is 2. The number of unbranched alkanes of at least 4 members (excludes halogenated alkanes) is 5. The van der Waals surface area contributed by atoms with Crippen molar-refractivity contribution in [3.8, 4) is 0 Å². The van der Waals surface area contributed by atoms with Crippen LogP contribution in [0.1, 0.15) is 51.9 Å². The van der Waals surface area contributed by atoms with Gasteiger partial charge in [0.15, 0.2) is 0 Å². The van der Waals surface area contributed by atoms with E-state index in [-0.39, 0.29) is 0 Å². The maximum Gasteiger partial charge on any atom is 0.450 e. The number of Topliss-reactive ketones (excluding diaryl/α,β-unsaturated/α-hetero) is 2. The van der Waals surface area contributed by atoms with Gasteiger partial charge in [0.25, 0.3) is 0 Å². The summed E-state index contributed by atoms with van der Waals surface area (Å²) in [4.78, 5) is 24.4. The molecule has 4 nitrogen and oxygen atoms in total. The van der Waals surface area contributed by atoms with E-state index in [1.54, 1.807) is 0 Å². The Kier molecular flexibility index (Phi) is 11.1. The Morgan fingerprint density at radius 2 is 1.33 bits per heavy atom. The molecule has 0 saturated carbocycles. The number of hydrogen-bond acceptors (Lipinski definition) is 4. The lowest BCUT2D eigenvalue weighted by Gasteiger charge is -2.17. The summed E-state index contributed by atoms with van der Waals surface area (Å²) in [6, 6.07) is 0. The van der Waals surface area contributed by atoms with Gasteiger partial charge in [-0.2, -0.15) is 26.3 Å². The van der Waals surface area contributed by atoms with E-state index in [4.69, 9.17) is 0 Å². The predicted octanol–water partition coefficient (Wildman–Crippen LogP) is 4.66. The van der Waals surface area contributed by atoms with Gasteiger partial charge in [-0.1, -0.05) is 39.0 Å². The van der Waals surface area contributed by atoms with E-state index in [1.807, 2.05) is 0 Å². The molecule has 10 heteroatoms. The number of carbonyl (C=O) groups is 2. The van der Waals surface area contributed by atoms with E-state index in [2.05, 4.69) is 36.2 Å². The van der Waals surface area contributed by atoms with E-state index in [9.17, 15) is 35.9 Å². The minimum Gasteiger partial charge on any atom is -0.362 e. The largest absolute Gasteiger partial charge is 0.450 e. The summed E-state index contributed by atoms with van der Waals surface area (Å²) in [5.41, 5.74) is 0. The highest BCUT2D eigenvalue weighted by atomic mass is 19.4. The molecule has 0 amide bonds. The molecule has 0 bridgehead atoms. The van der Waals surface area contributed by atoms with Crippen molar-refractivity contribution in [1.82, 2.24) is 9.80 Å². The van der Waals surface area contributed by atoms with Crippen LogP contribution in [0.15, 0.2) is 12.4 Å². The monoisotopic (exact) mass is 404 g/mol. The third-order valence-corrected chi connectivity index (χ3v) is 3.69. The summed E-state index contributed by atoms with van der Waals surface area (Å²) in [6.45, 7) is 4.58. The molecule has 0 aliphatic carbocycles. The molecule has 1 aliphatic heterocycles. The molecular formula is C17H26F6N2O2. The second kappa shape index (κ2) is 11.9. The van der Waals surface area contributed by atoms with E-state index in [1.165, 1.54) is 45.1 Å². The predicted molar refractivity (Wildman–Crippen MR) is 88.6 cm³/mol. The van der Waals surface area contributed by atoms with Gasteiger partial charge in [-0.15, -0.1) is 0 Å². The maximum absolute atomic E-state index is 11.3. The number of ketones is 2. The van der Waals surface area contributed by atoms with Crippen molar-refractivity contribution in [2.45, 2.75) is 64.2 Å². The second-order valence-corrected chi connectivity index (χ2v) is 6.30. The third kappa shape index (κ3) is 12.3. The van der Waals surface area contributed by atoms with Gasteiger partial charge in [0, 0.05) is 26.0 Å². The van der Waals surface area contributed by atoms with E-state index in [0.717, 1.165) is 6.67 Å². The van der Waals surface area contributed by atoms with Gasteiger partial charge in [-0.05, 0) is 6.42 Å². The van der Waals surface area contributed by atoms with E-state index in [0.29, 0.717) is 0 Å². The van der Waals surface area contributed by atoms with Crippen molar-refractivity contribution in [3.63, 3.8) is 0 Å². The third-order valence-electron chi connectivity index (χ3n) is 3.69. The number of halogens is 6. The van der Waals surface area contributed by atoms with Gasteiger partial charge in [-0.3, -0.25) is 9.59 Å². The standard InChI is InChI=1S/C12H24N2.C5H2F6O2/c1-3-4-5-6-7-8-9-14-11-10-13(2)12-14;6-4(7,8)2(12)1-3(13)5(9,10)11/h10-11H,3-9,12H2,1-2H3;1H2. The summed E-state index contributed by atoms with van der Waals surface area (Å²) in [7, 11) is 2.12. The lowest BCUT2D eigenvalue weighted by molar-refractivity contribution is -0.182. The van der Waals surface area contributed by atoms with Crippen molar-refractivity contribution in [1.29, 1.82) is 0 Å². The van der Waals surface area contributed by atoms with Gasteiger partial charge in [0.1, 0.15) is 0 Å². The molecule has 0 N–H and O–H groups in total. The molecule has 158 valence electrons. The average molecular weight is 404 g/mol. The van der Waals surface area contributed by atoms with Crippen LogP contribution in [0.2, 0.25) is 0 Å². The molecule has 0 aromatic rings. The number of alkyl halides is 6. The zero-order valence-corrected chi connectivity index (χ0v) is 15.5. The first kappa shape index (κ1) is 25.3. The van der Waals surface area contributed by atoms with Crippen molar-refractivity contribution in [2.24, 2.45) is 0 Å². The van der Waals surface area contributed by atoms with Crippen LogP contribution in [-0.4, -0.2) is 54.0 Å². The molecule has 0 radical (unpaired) electrons. The summed E-state index contributed by atoms with van der Waals surface area (Å²) >= 11 is 0. The van der Waals surface area contributed by atoms with Crippen molar-refractivity contribution in [2.75, 3.05) is 20.3 Å². The minimum atomic E-state index is -5.40. The van der Waals surface area contributed by atoms with Gasteiger partial charge in [0.2, 0.25) is 11.6 Å². The normalized spacial score (nSPS) is 14.2. The quantitative estimate of drug-likeness (QED) is 0.318. The Morgan fingerprint density at radius 3 is 1.74 bits per heavy atom. The molecule has 0 fully saturated rings. The summed E-state index contributed by atoms with van der Waals surface area (Å²) in [5.74, 6) is -5.40. The number of hydrogen-bond donors (Lipinski definition) is 0. The lowest BCUT2D eigenvalue weighted by atomic mass is 10.1. The molecule has 1 rings (SSSR count). The van der Waals surface area contributed by atoms with Crippen molar-refractivity contribution >= 4 is 11.6 Å². The summed E-state index contributed by atoms with van der Waals surface area (Å²) in [6.07, 6.45) is -0.298. The first-order chi connectivity index (χ1) is 12.4. The topological polar surface area (TPSA) is 40.6 Å². The zero-order valence-electron chi connectivity index (χ0n) is 15.5. The van der Waals surface area contributed by atoms with Gasteiger partial charge in [0.05, 0.1) is 13.1 Å². The molecule has 1 heterocycles. The van der Waals surface area contributed by atoms with E-state index < -0.39 is 30.3 Å². The molecule has 0 saturated heterocycles. The van der Waals surface area contributed by atoms with Crippen LogP contribution in [0.5, 0.6) is 0 Å². The fourth-order valence-electron chi connectivity index (χ4n) is 2.18. The highest BCUT2D eigenvalue weighted by molar-refractivity contribution is 6.03. The van der Waals surface area contributed by atoms with Gasteiger partial charge in [-0.25, -0.2) is 0 Å². The Bertz CT molecular complexity index is 465. The minimum absolute atomic E-state index is 1.08. The SMILES string of the molecule is CCCCCCCCN1C=CN(C)C1.O=C(CC(=O)C(F)(F)F)C(F)(F)F. The second-order valence-electron chi connectivity index (χ2n) is 6.30. The first-order valence-electron chi connectivity index (χ1n) is 8.70. The van der Waals surface area contributed by atoms with Crippen LogP contribution in [0, 0.1) is 0 Å². The smallest absolute Gasteiger partial charge is 0.362 e. The van der Waals surface area contributed by atoms with Crippen LogP contribution in [0.4, 0.5) is 26.3 Å². The number of rotatable bonds is 9. The van der Waals surface area contributed by atoms with Crippen LogP contribution in [0.25, 0.3) is 0 Å². The Balaban J connectivity index is 0.000000503. The summed E-state index contributed by atoms with van der Waals surface area (Å²) < 4.78 is 68.0. The van der Waals surface area contributed by atoms with Crippen LogP contribution in [0.3, 0.4) is 0 Å². The van der Waals surface area contributed by atoms with E-state index >= 15 is 0 Å². The zero-order chi connectivity index (χ0) is 21.1. The molecule has 0 spiro atoms. The molecule has 1 aliphatic rings. The number of carbonyl (C=O) groups excluding carboxylic acids is 2. The molecule has 0 atom stereocenters. The highest BCUT2D eigenvalue weighted by Gasteiger charge is 2.46. The maximum atomic E-state index is 11.3. The lowest BCUT2D eigenvalue weighted by Crippen LogP contribution is -2.31. The van der Waals surface area contributed by atoms with Crippen molar-refractivity contribution in [3.05, 3.63) is 12.4 Å². The van der Waals surface area contributed by atoms with Crippen LogP contribution < -0.4 is 0 Å². The molecule has 0 aromatic carbocycles. The molecule has 27 heavy (non-hydrogen) atoms. The Morgan fingerprint density at radius 1 is 0.852 bits per heavy atom. The average Bonchev–Trinajstić information content (AvgIpc) is 2.95. The molecular weight excluding hydrogens is 378 g/mol. The summed E-state index contributed by atoms with van der Waals surface area (Å²) in [5, 5.41) is 0. The van der Waals surface area contributed by atoms with Crippen LogP contribution in [-0.2, 0) is 9.59 Å². The Labute approximate surface area is 155 Å². The molecule has 0 aromatic heterocycles. The fraction of sp³-hybridized carbons (Fsp3) is 0.765. The fourth-order valence-corrected chi connectivity index (χ4v) is 2.18. The van der Waals surface area contributed by atoms with Gasteiger partial charge >= 0.3 is 12.4 Å². The van der Waals surface area contributed by atoms with Gasteiger partial charge < -0.3 is 9.80 Å². The Hall–Kier alpha value is -1.74. The highest BCUT2D eigenvalue weighted by Crippen LogP contribution is 2.23. The molecule has 0 unspecified atom stereocenters. The van der Waals surface area contributed by atoms with Crippen molar-refractivity contribution < 1.29 is 35.9 Å².